The van der Waals surface area contributed by atoms with E-state index in [4.69, 9.17) is 0 Å². The van der Waals surface area contributed by atoms with E-state index in [2.05, 4.69) is 113 Å². The molecule has 10 rings (SSSR count). The monoisotopic (exact) mass is 810 g/mol. The first kappa shape index (κ1) is 38.3. The van der Waals surface area contributed by atoms with Crippen LogP contribution < -0.4 is 0 Å². The number of aryl methyl sites for hydroxylation is 4. The molecule has 298 valence electrons. The van der Waals surface area contributed by atoms with E-state index in [1.807, 2.05) is 57.7 Å². The number of nitrogens with zero attached hydrogens (tertiary/aromatic N) is 4. The van der Waals surface area contributed by atoms with Gasteiger partial charge in [0.1, 0.15) is 0 Å². The number of alkyl halides is 3. The van der Waals surface area contributed by atoms with Crippen molar-refractivity contribution in [3.8, 4) is 56.9 Å². The predicted octanol–water partition coefficient (Wildman–Crippen LogP) is 14.9. The van der Waals surface area contributed by atoms with Crippen molar-refractivity contribution in [2.24, 2.45) is 0 Å². The molecule has 0 radical (unpaired) electrons. The summed E-state index contributed by atoms with van der Waals surface area (Å²) < 4.78 is 50.7. The minimum atomic E-state index is -4.83. The summed E-state index contributed by atoms with van der Waals surface area (Å²) in [6.45, 7) is 8.21. The summed E-state index contributed by atoms with van der Waals surface area (Å²) in [6, 6.07) is 52.3. The molecule has 0 saturated heterocycles. The third-order valence-electron chi connectivity index (χ3n) is 11.9. The van der Waals surface area contributed by atoms with Crippen LogP contribution in [0, 0.1) is 50.4 Å². The van der Waals surface area contributed by atoms with Gasteiger partial charge in [-0.15, -0.1) is 0 Å². The van der Waals surface area contributed by atoms with E-state index >= 15 is 13.2 Å². The van der Waals surface area contributed by atoms with Crippen molar-refractivity contribution >= 4 is 43.6 Å². The Morgan fingerprint density at radius 2 is 0.871 bits per heavy atom. The quantitative estimate of drug-likeness (QED) is 0.174. The van der Waals surface area contributed by atoms with Gasteiger partial charge in [0, 0.05) is 32.7 Å². The molecule has 0 atom stereocenters. The standard InChI is InChI=1S/C55H37F3N4/c1-32-20-33(2)23-40(22-32)37-16-18-44-42-11-5-7-14-47(42)61(49(44)28-37)51-26-36(30-59)27-52(54(51)53-39(31-60)10-9-13-46(53)55(56,57)58)62-48-15-8-6-12-43(48)45-19-17-38(29-50(45)62)41-24-34(3)21-35(4)25-41/h5-29H,1-4H3. The third kappa shape index (κ3) is 6.21. The van der Waals surface area contributed by atoms with Gasteiger partial charge >= 0.3 is 6.18 Å². The molecule has 0 fully saturated rings. The molecule has 4 nitrogen and oxygen atoms in total. The fourth-order valence-electron chi connectivity index (χ4n) is 9.54. The summed E-state index contributed by atoms with van der Waals surface area (Å²) in [5.41, 5.74) is 11.0. The van der Waals surface area contributed by atoms with Crippen LogP contribution in [0.25, 0.3) is 88.4 Å². The van der Waals surface area contributed by atoms with Crippen LogP contribution in [0.1, 0.15) is 38.9 Å². The van der Waals surface area contributed by atoms with E-state index in [9.17, 15) is 10.5 Å². The van der Waals surface area contributed by atoms with E-state index in [1.165, 1.54) is 12.1 Å². The highest BCUT2D eigenvalue weighted by atomic mass is 19.4. The van der Waals surface area contributed by atoms with Crippen LogP contribution in [-0.2, 0) is 6.18 Å². The number of benzene rings is 8. The summed E-state index contributed by atoms with van der Waals surface area (Å²) in [5.74, 6) is 0. The molecule has 0 amide bonds. The zero-order valence-corrected chi connectivity index (χ0v) is 34.4. The van der Waals surface area contributed by atoms with Gasteiger partial charge in [-0.2, -0.15) is 23.7 Å². The van der Waals surface area contributed by atoms with Gasteiger partial charge in [0.2, 0.25) is 0 Å². The van der Waals surface area contributed by atoms with Gasteiger partial charge in [0.25, 0.3) is 0 Å². The van der Waals surface area contributed by atoms with E-state index in [1.54, 1.807) is 12.1 Å². The molecule has 0 aliphatic rings. The Morgan fingerprint density at radius 1 is 0.419 bits per heavy atom. The van der Waals surface area contributed by atoms with Gasteiger partial charge in [-0.1, -0.05) is 125 Å². The van der Waals surface area contributed by atoms with Crippen molar-refractivity contribution in [3.63, 3.8) is 0 Å². The number of fused-ring (bicyclic) bond motifs is 6. The summed E-state index contributed by atoms with van der Waals surface area (Å²) in [4.78, 5) is 0. The fraction of sp³-hybridized carbons (Fsp3) is 0.0909. The highest BCUT2D eigenvalue weighted by Crippen LogP contribution is 2.48. The van der Waals surface area contributed by atoms with Crippen molar-refractivity contribution in [2.45, 2.75) is 33.9 Å². The zero-order valence-electron chi connectivity index (χ0n) is 34.4. The Kier molecular flexibility index (Phi) is 8.91. The van der Waals surface area contributed by atoms with Crippen LogP contribution >= 0.6 is 0 Å². The number of hydrogen-bond acceptors (Lipinski definition) is 2. The third-order valence-corrected chi connectivity index (χ3v) is 11.9. The lowest BCUT2D eigenvalue weighted by Gasteiger charge is -2.24. The molecule has 0 saturated carbocycles. The van der Waals surface area contributed by atoms with Crippen LogP contribution in [0.4, 0.5) is 13.2 Å². The molecule has 0 spiro atoms. The molecule has 0 unspecified atom stereocenters. The molecule has 8 aromatic carbocycles. The van der Waals surface area contributed by atoms with E-state index in [0.717, 1.165) is 94.2 Å². The maximum Gasteiger partial charge on any atom is 0.417 e. The van der Waals surface area contributed by atoms with Crippen LogP contribution in [0.15, 0.2) is 152 Å². The second-order valence-electron chi connectivity index (χ2n) is 16.3. The van der Waals surface area contributed by atoms with Crippen LogP contribution in [0.5, 0.6) is 0 Å². The van der Waals surface area contributed by atoms with Crippen molar-refractivity contribution in [3.05, 3.63) is 191 Å². The lowest BCUT2D eigenvalue weighted by Crippen LogP contribution is -2.12. The Bertz CT molecular complexity index is 3360. The molecule has 2 aromatic heterocycles. The van der Waals surface area contributed by atoms with Crippen molar-refractivity contribution in [1.29, 1.82) is 10.5 Å². The summed E-state index contributed by atoms with van der Waals surface area (Å²) in [6.07, 6.45) is -4.83. The largest absolute Gasteiger partial charge is 0.417 e. The molecule has 0 aliphatic carbocycles. The average molecular weight is 811 g/mol. The average Bonchev–Trinajstić information content (AvgIpc) is 3.76. The van der Waals surface area contributed by atoms with Gasteiger partial charge in [0.15, 0.2) is 0 Å². The predicted molar refractivity (Wildman–Crippen MR) is 245 cm³/mol. The molecule has 0 bridgehead atoms. The van der Waals surface area contributed by atoms with E-state index in [-0.39, 0.29) is 22.3 Å². The molecule has 10 aromatic rings. The molecule has 62 heavy (non-hydrogen) atoms. The number of nitriles is 2. The fourth-order valence-corrected chi connectivity index (χ4v) is 9.54. The van der Waals surface area contributed by atoms with Gasteiger partial charge in [0.05, 0.1) is 62.3 Å². The SMILES string of the molecule is Cc1cc(C)cc(-c2ccc3c4ccccc4n(-c4cc(C#N)cc(-n5c6ccccc6c6ccc(-c7cc(C)cc(C)c7)cc65)c4-c4c(C#N)cccc4C(F)(F)F)c3c2)c1. The lowest BCUT2D eigenvalue weighted by molar-refractivity contribution is -0.137. The minimum absolute atomic E-state index is 0.139. The van der Waals surface area contributed by atoms with E-state index in [0.29, 0.717) is 11.4 Å². The minimum Gasteiger partial charge on any atom is -0.308 e. The Labute approximate surface area is 356 Å². The summed E-state index contributed by atoms with van der Waals surface area (Å²) >= 11 is 0. The number of halogens is 3. The van der Waals surface area contributed by atoms with Crippen molar-refractivity contribution < 1.29 is 13.2 Å². The number of rotatable bonds is 5. The Morgan fingerprint density at radius 3 is 1.31 bits per heavy atom. The molecular weight excluding hydrogens is 774 g/mol. The first-order valence-electron chi connectivity index (χ1n) is 20.3. The van der Waals surface area contributed by atoms with Gasteiger partial charge in [-0.05, 0) is 98.5 Å². The maximum atomic E-state index is 15.6. The maximum absolute atomic E-state index is 15.6. The number of hydrogen-bond donors (Lipinski definition) is 0. The van der Waals surface area contributed by atoms with Crippen molar-refractivity contribution in [1.82, 2.24) is 9.13 Å². The van der Waals surface area contributed by atoms with Crippen LogP contribution in [0.2, 0.25) is 0 Å². The lowest BCUT2D eigenvalue weighted by atomic mass is 9.90. The second kappa shape index (κ2) is 14.4. The van der Waals surface area contributed by atoms with Gasteiger partial charge < -0.3 is 9.13 Å². The normalized spacial score (nSPS) is 11.8. The van der Waals surface area contributed by atoms with Crippen molar-refractivity contribution in [2.75, 3.05) is 0 Å². The molecule has 2 heterocycles. The Balaban J connectivity index is 1.42. The zero-order chi connectivity index (χ0) is 43.0. The molecule has 0 aliphatic heterocycles. The highest BCUT2D eigenvalue weighted by molar-refractivity contribution is 6.13. The smallest absolute Gasteiger partial charge is 0.308 e. The molecular formula is C55H37F3N4. The summed E-state index contributed by atoms with van der Waals surface area (Å²) in [7, 11) is 0. The van der Waals surface area contributed by atoms with E-state index < -0.39 is 11.7 Å². The van der Waals surface area contributed by atoms with Gasteiger partial charge in [-0.3, -0.25) is 0 Å². The topological polar surface area (TPSA) is 57.4 Å². The second-order valence-corrected chi connectivity index (χ2v) is 16.3. The van der Waals surface area contributed by atoms with Gasteiger partial charge in [-0.25, -0.2) is 0 Å². The first-order valence-corrected chi connectivity index (χ1v) is 20.3. The molecule has 0 N–H and O–H groups in total. The Hall–Kier alpha value is -7.87. The number of aromatic nitrogens is 2. The first-order chi connectivity index (χ1) is 29.9. The number of para-hydroxylation sites is 2. The van der Waals surface area contributed by atoms with Crippen LogP contribution in [0.3, 0.4) is 0 Å². The molecule has 7 heteroatoms. The van der Waals surface area contributed by atoms with Crippen LogP contribution in [-0.4, -0.2) is 9.13 Å². The summed E-state index contributed by atoms with van der Waals surface area (Å²) in [5, 5.41) is 25.2. The highest BCUT2D eigenvalue weighted by Gasteiger charge is 2.37.